The zero-order chi connectivity index (χ0) is 23.9. The molecule has 3 N–H and O–H groups in total. The number of H-pyrrole nitrogens is 1. The van der Waals surface area contributed by atoms with E-state index < -0.39 is 15.9 Å². The Balaban J connectivity index is 1.38. The third-order valence-electron chi connectivity index (χ3n) is 5.35. The van der Waals surface area contributed by atoms with Crippen LogP contribution in [0.2, 0.25) is 0 Å². The monoisotopic (exact) mass is 471 g/mol. The number of fused-ring (bicyclic) bond motifs is 2. The molecule has 10 nitrogen and oxygen atoms in total. The van der Waals surface area contributed by atoms with Crippen molar-refractivity contribution < 1.29 is 13.2 Å². The smallest absolute Gasteiger partial charge is 0.261 e. The Morgan fingerprint density at radius 3 is 2.71 bits per heavy atom. The van der Waals surface area contributed by atoms with Crippen molar-refractivity contribution in [3.05, 3.63) is 83.8 Å². The number of aryl methyl sites for hydroxylation is 1. The molecule has 5 rings (SSSR count). The van der Waals surface area contributed by atoms with Gasteiger partial charge in [-0.3, -0.25) is 9.52 Å². The van der Waals surface area contributed by atoms with Crippen LogP contribution in [-0.4, -0.2) is 33.9 Å². The SMILES string of the molecule is Cc1ccc(NS(=O)(=O)c2ccc(C(=O)Nc3cnc4cccnn34)cc2)c2[nH]cc(C#N)c12. The number of hydrogen-bond donors (Lipinski definition) is 3. The molecule has 0 fully saturated rings. The summed E-state index contributed by atoms with van der Waals surface area (Å²) in [6, 6.07) is 14.5. The first-order chi connectivity index (χ1) is 16.4. The highest BCUT2D eigenvalue weighted by Crippen LogP contribution is 2.30. The van der Waals surface area contributed by atoms with Crippen LogP contribution in [0.1, 0.15) is 21.5 Å². The molecular formula is C23H17N7O3S. The van der Waals surface area contributed by atoms with E-state index >= 15 is 0 Å². The highest BCUT2D eigenvalue weighted by atomic mass is 32.2. The van der Waals surface area contributed by atoms with Crippen LogP contribution in [0, 0.1) is 18.3 Å². The summed E-state index contributed by atoms with van der Waals surface area (Å²) >= 11 is 0. The Hall–Kier alpha value is -4.69. The highest BCUT2D eigenvalue weighted by Gasteiger charge is 2.19. The third-order valence-corrected chi connectivity index (χ3v) is 6.74. The lowest BCUT2D eigenvalue weighted by molar-refractivity contribution is 0.102. The van der Waals surface area contributed by atoms with E-state index in [1.165, 1.54) is 35.0 Å². The largest absolute Gasteiger partial charge is 0.358 e. The summed E-state index contributed by atoms with van der Waals surface area (Å²) in [5, 5.41) is 16.8. The van der Waals surface area contributed by atoms with Crippen LogP contribution in [0.3, 0.4) is 0 Å². The van der Waals surface area contributed by atoms with Crippen LogP contribution >= 0.6 is 0 Å². The Labute approximate surface area is 193 Å². The molecule has 0 saturated carbocycles. The van der Waals surface area contributed by atoms with Gasteiger partial charge >= 0.3 is 0 Å². The van der Waals surface area contributed by atoms with E-state index in [4.69, 9.17) is 0 Å². The van der Waals surface area contributed by atoms with Crippen LogP contribution in [0.15, 0.2) is 72.0 Å². The van der Waals surface area contributed by atoms with E-state index in [1.54, 1.807) is 36.7 Å². The van der Waals surface area contributed by atoms with Crippen LogP contribution in [0.25, 0.3) is 16.6 Å². The quantitative estimate of drug-likeness (QED) is 0.358. The molecule has 0 radical (unpaired) electrons. The van der Waals surface area contributed by atoms with Crippen molar-refractivity contribution in [2.75, 3.05) is 10.0 Å². The molecule has 1 amide bonds. The van der Waals surface area contributed by atoms with Gasteiger partial charge in [-0.15, -0.1) is 0 Å². The summed E-state index contributed by atoms with van der Waals surface area (Å²) in [5.74, 6) is -0.0370. The maximum atomic E-state index is 13.0. The second-order valence-corrected chi connectivity index (χ2v) is 9.20. The van der Waals surface area contributed by atoms with Gasteiger partial charge in [0.2, 0.25) is 0 Å². The number of sulfonamides is 1. The fourth-order valence-electron chi connectivity index (χ4n) is 3.69. The molecule has 0 spiro atoms. The normalized spacial score (nSPS) is 11.4. The Morgan fingerprint density at radius 1 is 1.15 bits per heavy atom. The van der Waals surface area contributed by atoms with Crippen molar-refractivity contribution in [2.24, 2.45) is 0 Å². The fraction of sp³-hybridized carbons (Fsp3) is 0.0435. The number of amides is 1. The van der Waals surface area contributed by atoms with E-state index in [0.29, 0.717) is 33.6 Å². The van der Waals surface area contributed by atoms with Crippen LogP contribution in [-0.2, 0) is 10.0 Å². The zero-order valence-corrected chi connectivity index (χ0v) is 18.6. The van der Waals surface area contributed by atoms with Gasteiger partial charge in [0.05, 0.1) is 27.9 Å². The number of nitrogens with one attached hydrogen (secondary N) is 3. The van der Waals surface area contributed by atoms with E-state index in [-0.39, 0.29) is 10.5 Å². The highest BCUT2D eigenvalue weighted by molar-refractivity contribution is 7.92. The second-order valence-electron chi connectivity index (χ2n) is 7.52. The number of hydrogen-bond acceptors (Lipinski definition) is 6. The van der Waals surface area contributed by atoms with E-state index in [2.05, 4.69) is 31.2 Å². The minimum Gasteiger partial charge on any atom is -0.358 e. The molecule has 168 valence electrons. The number of carbonyl (C=O) groups is 1. The number of carbonyl (C=O) groups excluding carboxylic acids is 1. The number of nitriles is 1. The molecule has 0 aliphatic rings. The minimum atomic E-state index is -3.95. The van der Waals surface area contributed by atoms with Gasteiger partial charge in [0.15, 0.2) is 11.5 Å². The summed E-state index contributed by atoms with van der Waals surface area (Å²) in [6.07, 6.45) is 4.61. The first-order valence-corrected chi connectivity index (χ1v) is 11.6. The molecule has 0 bridgehead atoms. The van der Waals surface area contributed by atoms with Crippen LogP contribution in [0.5, 0.6) is 0 Å². The average Bonchev–Trinajstić information content (AvgIpc) is 3.46. The van der Waals surface area contributed by atoms with Crippen molar-refractivity contribution >= 4 is 44.0 Å². The van der Waals surface area contributed by atoms with Gasteiger partial charge in [-0.25, -0.2) is 13.4 Å². The molecule has 2 aromatic carbocycles. The first kappa shape index (κ1) is 21.2. The fourth-order valence-corrected chi connectivity index (χ4v) is 4.76. The maximum Gasteiger partial charge on any atom is 0.261 e. The molecule has 0 unspecified atom stereocenters. The summed E-state index contributed by atoms with van der Waals surface area (Å²) in [5.41, 5.74) is 2.99. The predicted octanol–water partition coefficient (Wildman–Crippen LogP) is 3.44. The van der Waals surface area contributed by atoms with E-state index in [9.17, 15) is 18.5 Å². The summed E-state index contributed by atoms with van der Waals surface area (Å²) in [4.78, 5) is 19.8. The molecule has 0 saturated heterocycles. The molecule has 0 aliphatic carbocycles. The Morgan fingerprint density at radius 2 is 1.94 bits per heavy atom. The third kappa shape index (κ3) is 3.62. The number of aromatic amines is 1. The van der Waals surface area contributed by atoms with Gasteiger partial charge in [-0.2, -0.15) is 14.9 Å². The number of rotatable bonds is 5. The Kier molecular flexibility index (Phi) is 4.99. The molecule has 34 heavy (non-hydrogen) atoms. The van der Waals surface area contributed by atoms with Gasteiger partial charge in [-0.1, -0.05) is 6.07 Å². The molecule has 11 heteroatoms. The first-order valence-electron chi connectivity index (χ1n) is 10.1. The molecule has 0 aliphatic heterocycles. The van der Waals surface area contributed by atoms with Crippen molar-refractivity contribution in [3.8, 4) is 6.07 Å². The number of nitrogens with zero attached hydrogens (tertiary/aromatic N) is 4. The lowest BCUT2D eigenvalue weighted by Crippen LogP contribution is -2.16. The second kappa shape index (κ2) is 8.02. The number of anilines is 2. The zero-order valence-electron chi connectivity index (χ0n) is 17.8. The molecule has 3 aromatic heterocycles. The topological polar surface area (TPSA) is 145 Å². The Bertz CT molecular complexity index is 1710. The minimum absolute atomic E-state index is 0.0127. The van der Waals surface area contributed by atoms with Crippen molar-refractivity contribution in [1.82, 2.24) is 19.6 Å². The number of aromatic nitrogens is 4. The molecule has 0 atom stereocenters. The van der Waals surface area contributed by atoms with Crippen molar-refractivity contribution in [3.63, 3.8) is 0 Å². The van der Waals surface area contributed by atoms with Gasteiger partial charge in [0.25, 0.3) is 15.9 Å². The summed E-state index contributed by atoms with van der Waals surface area (Å²) < 4.78 is 30.0. The number of benzene rings is 2. The summed E-state index contributed by atoms with van der Waals surface area (Å²) in [6.45, 7) is 1.85. The maximum absolute atomic E-state index is 13.0. The molecule has 3 heterocycles. The van der Waals surface area contributed by atoms with Crippen LogP contribution < -0.4 is 10.0 Å². The van der Waals surface area contributed by atoms with Crippen molar-refractivity contribution in [2.45, 2.75) is 11.8 Å². The lowest BCUT2D eigenvalue weighted by Gasteiger charge is -2.11. The van der Waals surface area contributed by atoms with Gasteiger partial charge in [0.1, 0.15) is 6.07 Å². The van der Waals surface area contributed by atoms with E-state index in [1.807, 2.05) is 6.92 Å². The molecule has 5 aromatic rings. The standard InChI is InChI=1S/C23H17N7O3S/c1-14-4-9-18(22-21(14)16(11-24)12-26-22)29-34(32,33)17-7-5-15(6-8-17)23(31)28-20-13-25-19-3-2-10-27-30(19)20/h2-10,12-13,26,29H,1H3,(H,28,31). The predicted molar refractivity (Wildman–Crippen MR) is 126 cm³/mol. The van der Waals surface area contributed by atoms with Crippen LogP contribution in [0.4, 0.5) is 11.5 Å². The number of imidazole rings is 1. The molecular weight excluding hydrogens is 454 g/mol. The average molecular weight is 472 g/mol. The van der Waals surface area contributed by atoms with Gasteiger partial charge in [-0.05, 0) is 55.0 Å². The van der Waals surface area contributed by atoms with Crippen molar-refractivity contribution in [1.29, 1.82) is 5.26 Å². The summed E-state index contributed by atoms with van der Waals surface area (Å²) in [7, 11) is -3.95. The van der Waals surface area contributed by atoms with Gasteiger partial charge < -0.3 is 10.3 Å². The van der Waals surface area contributed by atoms with E-state index in [0.717, 1.165) is 5.56 Å². The lowest BCUT2D eigenvalue weighted by atomic mass is 10.1. The van der Waals surface area contributed by atoms with Gasteiger partial charge in [0, 0.05) is 23.3 Å².